The van der Waals surface area contributed by atoms with Crippen molar-refractivity contribution in [3.63, 3.8) is 0 Å². The molecule has 0 aromatic heterocycles. The van der Waals surface area contributed by atoms with E-state index < -0.39 is 15.9 Å². The van der Waals surface area contributed by atoms with Crippen LogP contribution < -0.4 is 5.73 Å². The summed E-state index contributed by atoms with van der Waals surface area (Å²) in [4.78, 5) is 11.1. The zero-order chi connectivity index (χ0) is 17.0. The molecule has 2 aromatic carbocycles. The van der Waals surface area contributed by atoms with Gasteiger partial charge in [-0.15, -0.1) is 0 Å². The molecule has 0 fully saturated rings. The van der Waals surface area contributed by atoms with E-state index in [1.54, 1.807) is 30.3 Å². The van der Waals surface area contributed by atoms with Crippen molar-refractivity contribution in [1.82, 2.24) is 4.31 Å². The summed E-state index contributed by atoms with van der Waals surface area (Å²) in [6.45, 7) is 0.137. The standard InChI is InChI=1S/C16H15N3O3S/c1-19(11-12-5-7-14(8-6-12)16(18)20)23(21,22)15-4-2-3-13(9-15)10-17/h2-9H,11H2,1H3,(H2,18,20). The lowest BCUT2D eigenvalue weighted by Crippen LogP contribution is -2.26. The Morgan fingerprint density at radius 3 is 2.43 bits per heavy atom. The van der Waals surface area contributed by atoms with Crippen LogP contribution >= 0.6 is 0 Å². The van der Waals surface area contributed by atoms with Crippen molar-refractivity contribution in [2.24, 2.45) is 5.73 Å². The molecule has 0 aliphatic heterocycles. The van der Waals surface area contributed by atoms with Crippen LogP contribution in [-0.4, -0.2) is 25.7 Å². The van der Waals surface area contributed by atoms with E-state index in [0.717, 1.165) is 5.56 Å². The van der Waals surface area contributed by atoms with Crippen molar-refractivity contribution in [3.05, 3.63) is 65.2 Å². The molecule has 0 saturated heterocycles. The molecule has 1 amide bonds. The van der Waals surface area contributed by atoms with Crippen LogP contribution in [-0.2, 0) is 16.6 Å². The number of carbonyl (C=O) groups is 1. The predicted molar refractivity (Wildman–Crippen MR) is 84.8 cm³/mol. The number of nitrogens with two attached hydrogens (primary N) is 1. The number of nitrogens with zero attached hydrogens (tertiary/aromatic N) is 2. The molecule has 23 heavy (non-hydrogen) atoms. The molecular formula is C16H15N3O3S. The van der Waals surface area contributed by atoms with Gasteiger partial charge in [0.1, 0.15) is 0 Å². The third kappa shape index (κ3) is 3.74. The zero-order valence-electron chi connectivity index (χ0n) is 12.4. The molecule has 2 aromatic rings. The minimum atomic E-state index is -3.71. The molecule has 0 spiro atoms. The Morgan fingerprint density at radius 1 is 1.22 bits per heavy atom. The Hall–Kier alpha value is -2.69. The van der Waals surface area contributed by atoms with Gasteiger partial charge in [-0.2, -0.15) is 9.57 Å². The summed E-state index contributed by atoms with van der Waals surface area (Å²) in [5, 5.41) is 8.88. The highest BCUT2D eigenvalue weighted by Gasteiger charge is 2.21. The first kappa shape index (κ1) is 16.7. The number of carbonyl (C=O) groups excluding carboxylic acids is 1. The molecule has 0 unspecified atom stereocenters. The molecule has 118 valence electrons. The number of sulfonamides is 1. The lowest BCUT2D eigenvalue weighted by molar-refractivity contribution is 0.1000. The van der Waals surface area contributed by atoms with Gasteiger partial charge in [0.15, 0.2) is 0 Å². The Morgan fingerprint density at radius 2 is 1.87 bits per heavy atom. The van der Waals surface area contributed by atoms with Gasteiger partial charge < -0.3 is 5.73 Å². The SMILES string of the molecule is CN(Cc1ccc(C(N)=O)cc1)S(=O)(=O)c1cccc(C#N)c1. The second kappa shape index (κ2) is 6.60. The number of nitriles is 1. The van der Waals surface area contributed by atoms with Gasteiger partial charge in [-0.05, 0) is 35.9 Å². The van der Waals surface area contributed by atoms with Crippen LogP contribution in [0, 0.1) is 11.3 Å². The lowest BCUT2D eigenvalue weighted by atomic mass is 10.1. The maximum Gasteiger partial charge on any atom is 0.248 e. The number of amides is 1. The summed E-state index contributed by atoms with van der Waals surface area (Å²) >= 11 is 0. The van der Waals surface area contributed by atoms with E-state index in [9.17, 15) is 13.2 Å². The summed E-state index contributed by atoms with van der Waals surface area (Å²) in [6.07, 6.45) is 0. The van der Waals surface area contributed by atoms with Crippen LogP contribution in [0.25, 0.3) is 0 Å². The molecule has 2 N–H and O–H groups in total. The molecule has 6 nitrogen and oxygen atoms in total. The van der Waals surface area contributed by atoms with Crippen molar-refractivity contribution in [1.29, 1.82) is 5.26 Å². The molecule has 0 aliphatic carbocycles. The van der Waals surface area contributed by atoms with Crippen molar-refractivity contribution < 1.29 is 13.2 Å². The fourth-order valence-corrected chi connectivity index (χ4v) is 3.23. The summed E-state index contributed by atoms with van der Waals surface area (Å²) in [5.41, 5.74) is 6.53. The van der Waals surface area contributed by atoms with E-state index in [4.69, 9.17) is 11.0 Å². The Kier molecular flexibility index (Phi) is 4.79. The zero-order valence-corrected chi connectivity index (χ0v) is 13.2. The normalized spacial score (nSPS) is 11.2. The van der Waals surface area contributed by atoms with Crippen molar-refractivity contribution in [3.8, 4) is 6.07 Å². The maximum atomic E-state index is 12.5. The van der Waals surface area contributed by atoms with Gasteiger partial charge in [0, 0.05) is 19.2 Å². The Balaban J connectivity index is 2.23. The minimum absolute atomic E-state index is 0.0628. The molecule has 0 aliphatic rings. The molecule has 0 radical (unpaired) electrons. The number of hydrogen-bond acceptors (Lipinski definition) is 4. The molecule has 7 heteroatoms. The van der Waals surface area contributed by atoms with Crippen LogP contribution in [0.5, 0.6) is 0 Å². The van der Waals surface area contributed by atoms with Gasteiger partial charge in [-0.1, -0.05) is 18.2 Å². The number of primary amides is 1. The molecule has 0 atom stereocenters. The fraction of sp³-hybridized carbons (Fsp3) is 0.125. The highest BCUT2D eigenvalue weighted by Crippen LogP contribution is 2.18. The van der Waals surface area contributed by atoms with Crippen LogP contribution in [0.2, 0.25) is 0 Å². The van der Waals surface area contributed by atoms with E-state index in [-0.39, 0.29) is 17.0 Å². The largest absolute Gasteiger partial charge is 0.366 e. The summed E-state index contributed by atoms with van der Waals surface area (Å²) in [7, 11) is -2.25. The smallest absolute Gasteiger partial charge is 0.248 e. The number of rotatable bonds is 5. The van der Waals surface area contributed by atoms with Crippen molar-refractivity contribution in [2.45, 2.75) is 11.4 Å². The highest BCUT2D eigenvalue weighted by molar-refractivity contribution is 7.89. The van der Waals surface area contributed by atoms with E-state index >= 15 is 0 Å². The molecular weight excluding hydrogens is 314 g/mol. The first-order valence-corrected chi connectivity index (χ1v) is 8.14. The first-order chi connectivity index (χ1) is 10.8. The number of benzene rings is 2. The van der Waals surface area contributed by atoms with Gasteiger partial charge in [-0.25, -0.2) is 8.42 Å². The van der Waals surface area contributed by atoms with Crippen LogP contribution in [0.4, 0.5) is 0 Å². The summed E-state index contributed by atoms with van der Waals surface area (Å²) in [6, 6.07) is 14.2. The third-order valence-electron chi connectivity index (χ3n) is 3.32. The molecule has 0 saturated carbocycles. The third-order valence-corrected chi connectivity index (χ3v) is 5.11. The predicted octanol–water partition coefficient (Wildman–Crippen LogP) is 1.48. The molecule has 0 bridgehead atoms. The van der Waals surface area contributed by atoms with E-state index in [2.05, 4.69) is 0 Å². The first-order valence-electron chi connectivity index (χ1n) is 6.70. The minimum Gasteiger partial charge on any atom is -0.366 e. The van der Waals surface area contributed by atoms with E-state index in [1.165, 1.54) is 29.6 Å². The second-order valence-corrected chi connectivity index (χ2v) is 7.01. The molecule has 0 heterocycles. The van der Waals surface area contributed by atoms with E-state index in [1.807, 2.05) is 6.07 Å². The Bertz CT molecular complexity index is 868. The lowest BCUT2D eigenvalue weighted by Gasteiger charge is -2.17. The van der Waals surface area contributed by atoms with Gasteiger partial charge in [0.2, 0.25) is 15.9 Å². The van der Waals surface area contributed by atoms with Crippen molar-refractivity contribution >= 4 is 15.9 Å². The Labute approximate surface area is 134 Å². The topological polar surface area (TPSA) is 104 Å². The average molecular weight is 329 g/mol. The van der Waals surface area contributed by atoms with Gasteiger partial charge in [0.25, 0.3) is 0 Å². The summed E-state index contributed by atoms with van der Waals surface area (Å²) in [5.74, 6) is -0.536. The van der Waals surface area contributed by atoms with Crippen molar-refractivity contribution in [2.75, 3.05) is 7.05 Å². The summed E-state index contributed by atoms with van der Waals surface area (Å²) < 4.78 is 26.2. The molecule has 2 rings (SSSR count). The second-order valence-electron chi connectivity index (χ2n) is 4.96. The van der Waals surface area contributed by atoms with Crippen LogP contribution in [0.1, 0.15) is 21.5 Å². The fourth-order valence-electron chi connectivity index (χ4n) is 2.02. The highest BCUT2D eigenvalue weighted by atomic mass is 32.2. The van der Waals surface area contributed by atoms with Crippen LogP contribution in [0.15, 0.2) is 53.4 Å². The maximum absolute atomic E-state index is 12.5. The quantitative estimate of drug-likeness (QED) is 0.897. The monoisotopic (exact) mass is 329 g/mol. The van der Waals surface area contributed by atoms with Crippen LogP contribution in [0.3, 0.4) is 0 Å². The number of hydrogen-bond donors (Lipinski definition) is 1. The van der Waals surface area contributed by atoms with Gasteiger partial charge in [-0.3, -0.25) is 4.79 Å². The van der Waals surface area contributed by atoms with Gasteiger partial charge >= 0.3 is 0 Å². The average Bonchev–Trinajstić information content (AvgIpc) is 2.55. The van der Waals surface area contributed by atoms with Gasteiger partial charge in [0.05, 0.1) is 16.5 Å². The van der Waals surface area contributed by atoms with E-state index in [0.29, 0.717) is 5.56 Å².